The Morgan fingerprint density at radius 2 is 1.68 bits per heavy atom. The highest BCUT2D eigenvalue weighted by Crippen LogP contribution is 2.32. The molecule has 4 nitrogen and oxygen atoms in total. The molecule has 0 amide bonds. The summed E-state index contributed by atoms with van der Waals surface area (Å²) in [5.41, 5.74) is 0.395. The van der Waals surface area contributed by atoms with E-state index >= 15 is 0 Å². The summed E-state index contributed by atoms with van der Waals surface area (Å²) in [5.74, 6) is -2.70. The normalized spacial score (nSPS) is 12.0. The predicted molar refractivity (Wildman–Crippen MR) is 96.7 cm³/mol. The molecule has 0 atom stereocenters. The first kappa shape index (κ1) is 20.3. The van der Waals surface area contributed by atoms with E-state index in [0.29, 0.717) is 16.8 Å². The third-order valence-corrected chi connectivity index (χ3v) is 5.56. The van der Waals surface area contributed by atoms with E-state index in [1.54, 1.807) is 19.1 Å². The van der Waals surface area contributed by atoms with E-state index in [0.717, 1.165) is 28.4 Å². The van der Waals surface area contributed by atoms with Crippen molar-refractivity contribution >= 4 is 21.4 Å². The summed E-state index contributed by atoms with van der Waals surface area (Å²) in [6.45, 7) is 1.75. The van der Waals surface area contributed by atoms with Crippen molar-refractivity contribution in [2.45, 2.75) is 18.2 Å². The molecule has 1 heterocycles. The van der Waals surface area contributed by atoms with Gasteiger partial charge in [-0.05, 0) is 24.6 Å². The fourth-order valence-electron chi connectivity index (χ4n) is 2.68. The second-order valence-electron chi connectivity index (χ2n) is 6.14. The largest absolute Gasteiger partial charge is 0.282 e. The third-order valence-electron chi connectivity index (χ3n) is 4.02. The molecule has 0 aliphatic heterocycles. The lowest BCUT2D eigenvalue weighted by Crippen LogP contribution is -2.08. The minimum Gasteiger partial charge on any atom is -0.232 e. The number of benzene rings is 2. The highest BCUT2D eigenvalue weighted by Gasteiger charge is 2.24. The fourth-order valence-corrected chi connectivity index (χ4v) is 3.69. The van der Waals surface area contributed by atoms with Crippen LogP contribution in [-0.4, -0.2) is 24.5 Å². The van der Waals surface area contributed by atoms with Crippen LogP contribution in [0.1, 0.15) is 17.7 Å². The third kappa shape index (κ3) is 3.77. The minimum absolute atomic E-state index is 0.114. The summed E-state index contributed by atoms with van der Waals surface area (Å²) in [7, 11) is -4.16. The van der Waals surface area contributed by atoms with Gasteiger partial charge >= 0.3 is 0 Å². The lowest BCUT2D eigenvalue weighted by atomic mass is 10.1. The molecular formula is C18H13ClF4N2O2S. The zero-order valence-corrected chi connectivity index (χ0v) is 16.1. The zero-order chi connectivity index (χ0) is 20.8. The van der Waals surface area contributed by atoms with Gasteiger partial charge in [-0.15, -0.1) is 0 Å². The van der Waals surface area contributed by atoms with Gasteiger partial charge in [0.05, 0.1) is 11.4 Å². The molecule has 0 unspecified atom stereocenters. The summed E-state index contributed by atoms with van der Waals surface area (Å²) < 4.78 is 79.0. The van der Waals surface area contributed by atoms with Crippen LogP contribution in [0.5, 0.6) is 0 Å². The minimum atomic E-state index is -4.16. The van der Waals surface area contributed by atoms with Crippen molar-refractivity contribution in [3.8, 4) is 16.9 Å². The van der Waals surface area contributed by atoms with Crippen LogP contribution in [0, 0.1) is 18.6 Å². The Hall–Kier alpha value is -2.39. The molecule has 3 aromatic rings. The average Bonchev–Trinajstić information content (AvgIpc) is 3.01. The van der Waals surface area contributed by atoms with Crippen LogP contribution >= 0.6 is 11.6 Å². The molecule has 1 aromatic heterocycles. The lowest BCUT2D eigenvalue weighted by Gasteiger charge is -2.11. The van der Waals surface area contributed by atoms with E-state index in [9.17, 15) is 26.0 Å². The monoisotopic (exact) mass is 432 g/mol. The van der Waals surface area contributed by atoms with Gasteiger partial charge in [0.25, 0.3) is 6.43 Å². The summed E-state index contributed by atoms with van der Waals surface area (Å²) in [5, 5.41) is 4.09. The van der Waals surface area contributed by atoms with Crippen LogP contribution in [0.25, 0.3) is 16.9 Å². The first-order valence-electron chi connectivity index (χ1n) is 7.83. The zero-order valence-electron chi connectivity index (χ0n) is 14.6. The SMILES string of the molecule is Cc1ccc(-c2cc(C(F)F)nn2-c2cc(F)c(S(C)(=O)=O)c(F)c2)cc1Cl. The van der Waals surface area contributed by atoms with Gasteiger partial charge in [-0.25, -0.2) is 30.7 Å². The molecule has 0 spiro atoms. The number of nitrogens with zero attached hydrogens (tertiary/aromatic N) is 2. The van der Waals surface area contributed by atoms with Crippen molar-refractivity contribution < 1.29 is 26.0 Å². The second kappa shape index (κ2) is 7.21. The maximum absolute atomic E-state index is 14.3. The quantitative estimate of drug-likeness (QED) is 0.538. The number of aromatic nitrogens is 2. The molecule has 28 heavy (non-hydrogen) atoms. The lowest BCUT2D eigenvalue weighted by molar-refractivity contribution is 0.145. The van der Waals surface area contributed by atoms with Crippen LogP contribution in [0.4, 0.5) is 17.6 Å². The van der Waals surface area contributed by atoms with E-state index in [-0.39, 0.29) is 11.4 Å². The van der Waals surface area contributed by atoms with Crippen LogP contribution in [0.15, 0.2) is 41.3 Å². The number of aryl methyl sites for hydroxylation is 1. The van der Waals surface area contributed by atoms with Gasteiger partial charge in [0.15, 0.2) is 9.84 Å². The Balaban J connectivity index is 2.26. The van der Waals surface area contributed by atoms with E-state index in [1.807, 2.05) is 0 Å². The van der Waals surface area contributed by atoms with Crippen molar-refractivity contribution in [2.75, 3.05) is 6.26 Å². The van der Waals surface area contributed by atoms with Crippen molar-refractivity contribution in [3.05, 3.63) is 64.3 Å². The Morgan fingerprint density at radius 3 is 2.18 bits per heavy atom. The number of hydrogen-bond acceptors (Lipinski definition) is 3. The van der Waals surface area contributed by atoms with Crippen molar-refractivity contribution in [3.63, 3.8) is 0 Å². The highest BCUT2D eigenvalue weighted by atomic mass is 35.5. The van der Waals surface area contributed by atoms with E-state index < -0.39 is 38.5 Å². The molecule has 0 N–H and O–H groups in total. The van der Waals surface area contributed by atoms with Gasteiger partial charge in [0, 0.05) is 29.0 Å². The molecular weight excluding hydrogens is 420 g/mol. The molecule has 0 saturated carbocycles. The highest BCUT2D eigenvalue weighted by molar-refractivity contribution is 7.90. The second-order valence-corrected chi connectivity index (χ2v) is 8.50. The molecule has 0 radical (unpaired) electrons. The molecule has 0 saturated heterocycles. The van der Waals surface area contributed by atoms with E-state index in [1.165, 1.54) is 6.07 Å². The average molecular weight is 433 g/mol. The van der Waals surface area contributed by atoms with Crippen LogP contribution < -0.4 is 0 Å². The van der Waals surface area contributed by atoms with Crippen molar-refractivity contribution in [2.24, 2.45) is 0 Å². The summed E-state index contributed by atoms with van der Waals surface area (Å²) in [4.78, 5) is -1.10. The van der Waals surface area contributed by atoms with Gasteiger partial charge in [0.2, 0.25) is 0 Å². The number of halogens is 5. The maximum atomic E-state index is 14.3. The van der Waals surface area contributed by atoms with Gasteiger partial charge in [0.1, 0.15) is 22.2 Å². The molecule has 0 aliphatic rings. The van der Waals surface area contributed by atoms with Gasteiger partial charge in [-0.1, -0.05) is 23.7 Å². The molecule has 10 heteroatoms. The Labute approximate surface area is 163 Å². The molecule has 0 aliphatic carbocycles. The van der Waals surface area contributed by atoms with Gasteiger partial charge in [-0.2, -0.15) is 5.10 Å². The van der Waals surface area contributed by atoms with E-state index in [4.69, 9.17) is 11.6 Å². The maximum Gasteiger partial charge on any atom is 0.282 e. The number of sulfone groups is 1. The molecule has 3 rings (SSSR count). The summed E-state index contributed by atoms with van der Waals surface area (Å²) in [6.07, 6.45) is -2.26. The summed E-state index contributed by atoms with van der Waals surface area (Å²) >= 11 is 6.09. The standard InChI is InChI=1S/C18H13ClF4N2O2S/c1-9-3-4-10(5-12(9)19)16-8-15(18(22)23)24-25(16)11-6-13(20)17(14(21)7-11)28(2,26)27/h3-8,18H,1-2H3. The van der Waals surface area contributed by atoms with Crippen LogP contribution in [-0.2, 0) is 9.84 Å². The Bertz CT molecular complexity index is 1150. The van der Waals surface area contributed by atoms with Crippen LogP contribution in [0.2, 0.25) is 5.02 Å². The van der Waals surface area contributed by atoms with Crippen LogP contribution in [0.3, 0.4) is 0 Å². The first-order valence-corrected chi connectivity index (χ1v) is 10.1. The van der Waals surface area contributed by atoms with E-state index in [2.05, 4.69) is 5.10 Å². The number of hydrogen-bond donors (Lipinski definition) is 0. The number of rotatable bonds is 4. The van der Waals surface area contributed by atoms with Crippen molar-refractivity contribution in [1.29, 1.82) is 0 Å². The molecule has 0 fully saturated rings. The van der Waals surface area contributed by atoms with Gasteiger partial charge in [-0.3, -0.25) is 0 Å². The predicted octanol–water partition coefficient (Wildman–Crippen LogP) is 5.12. The Morgan fingerprint density at radius 1 is 1.07 bits per heavy atom. The Kier molecular flexibility index (Phi) is 5.24. The van der Waals surface area contributed by atoms with Gasteiger partial charge < -0.3 is 0 Å². The first-order chi connectivity index (χ1) is 13.0. The smallest absolute Gasteiger partial charge is 0.232 e. The topological polar surface area (TPSA) is 52.0 Å². The van der Waals surface area contributed by atoms with Crippen molar-refractivity contribution in [1.82, 2.24) is 9.78 Å². The summed E-state index contributed by atoms with van der Waals surface area (Å²) in [6, 6.07) is 7.29. The fraction of sp³-hybridized carbons (Fsp3) is 0.167. The molecule has 2 aromatic carbocycles. The molecule has 148 valence electrons. The molecule has 0 bridgehead atoms. The number of alkyl halides is 2.